The number of aromatic nitrogens is 1. The van der Waals surface area contributed by atoms with Crippen LogP contribution in [-0.4, -0.2) is 56.2 Å². The summed E-state index contributed by atoms with van der Waals surface area (Å²) in [7, 11) is 3.08. The van der Waals surface area contributed by atoms with Crippen molar-refractivity contribution in [1.29, 1.82) is 5.26 Å². The minimum Gasteiger partial charge on any atom is -0.497 e. The van der Waals surface area contributed by atoms with E-state index in [9.17, 15) is 14.4 Å². The third kappa shape index (κ3) is 3.89. The van der Waals surface area contributed by atoms with Crippen LogP contribution in [0.3, 0.4) is 0 Å². The van der Waals surface area contributed by atoms with Crippen LogP contribution in [0, 0.1) is 24.1 Å². The summed E-state index contributed by atoms with van der Waals surface area (Å²) in [4.78, 5) is 21.2. The molecule has 0 aliphatic carbocycles. The Morgan fingerprint density at radius 3 is 2.31 bits per heavy atom. The van der Waals surface area contributed by atoms with Crippen LogP contribution in [0.25, 0.3) is 10.9 Å². The molecule has 0 N–H and O–H groups in total. The predicted octanol–water partition coefficient (Wildman–Crippen LogP) is 3.53. The summed E-state index contributed by atoms with van der Waals surface area (Å²) in [6.45, 7) is 3.74. The highest BCUT2D eigenvalue weighted by Crippen LogP contribution is 2.32. The minimum absolute atomic E-state index is 0.121. The number of halogens is 1. The summed E-state index contributed by atoms with van der Waals surface area (Å²) in [6.07, 6.45) is 1.53. The number of benzene rings is 2. The van der Waals surface area contributed by atoms with E-state index >= 15 is 0 Å². The lowest BCUT2D eigenvalue weighted by Gasteiger charge is -2.37. The standard InChI is InChI=1S/C24H23FN4O3/c1-15-8-18(25)11-21-22(15)27-14-17(13-26)23(21)28-4-6-29(7-5-28)24(30)16-9-19(31-2)12-20(10-16)32-3/h8-12,14H,4-7H2,1-3H3. The highest BCUT2D eigenvalue weighted by Gasteiger charge is 2.26. The first-order valence-corrected chi connectivity index (χ1v) is 10.2. The third-order valence-electron chi connectivity index (χ3n) is 5.70. The van der Waals surface area contributed by atoms with Crippen LogP contribution in [-0.2, 0) is 0 Å². The maximum absolute atomic E-state index is 14.2. The van der Waals surface area contributed by atoms with E-state index in [0.717, 1.165) is 0 Å². The second-order valence-corrected chi connectivity index (χ2v) is 7.63. The number of piperazine rings is 1. The number of fused-ring (bicyclic) bond motifs is 1. The Hall–Kier alpha value is -3.86. The van der Waals surface area contributed by atoms with Crippen molar-refractivity contribution in [2.24, 2.45) is 0 Å². The van der Waals surface area contributed by atoms with E-state index in [1.54, 1.807) is 30.0 Å². The maximum Gasteiger partial charge on any atom is 0.254 e. The highest BCUT2D eigenvalue weighted by atomic mass is 19.1. The number of ether oxygens (including phenoxy) is 2. The molecule has 4 rings (SSSR count). The quantitative estimate of drug-likeness (QED) is 0.625. The van der Waals surface area contributed by atoms with Gasteiger partial charge in [-0.15, -0.1) is 0 Å². The molecule has 8 heteroatoms. The molecule has 0 radical (unpaired) electrons. The van der Waals surface area contributed by atoms with Gasteiger partial charge >= 0.3 is 0 Å². The van der Waals surface area contributed by atoms with E-state index < -0.39 is 0 Å². The molecule has 7 nitrogen and oxygen atoms in total. The lowest BCUT2D eigenvalue weighted by atomic mass is 10.0. The van der Waals surface area contributed by atoms with Gasteiger partial charge in [-0.05, 0) is 36.8 Å². The van der Waals surface area contributed by atoms with Crippen molar-refractivity contribution in [3.05, 3.63) is 59.0 Å². The topological polar surface area (TPSA) is 78.7 Å². The van der Waals surface area contributed by atoms with Gasteiger partial charge in [0.1, 0.15) is 23.4 Å². The molecule has 0 atom stereocenters. The molecule has 0 spiro atoms. The second kappa shape index (κ2) is 8.71. The Kier molecular flexibility index (Phi) is 5.82. The van der Waals surface area contributed by atoms with Crippen molar-refractivity contribution in [1.82, 2.24) is 9.88 Å². The van der Waals surface area contributed by atoms with E-state index in [2.05, 4.69) is 11.1 Å². The smallest absolute Gasteiger partial charge is 0.254 e. The SMILES string of the molecule is COc1cc(OC)cc(C(=O)N2CCN(c3c(C#N)cnc4c(C)cc(F)cc34)CC2)c1. The normalized spacial score (nSPS) is 13.7. The number of hydrogen-bond acceptors (Lipinski definition) is 6. The predicted molar refractivity (Wildman–Crippen MR) is 119 cm³/mol. The number of aryl methyl sites for hydroxylation is 1. The summed E-state index contributed by atoms with van der Waals surface area (Å²) >= 11 is 0. The number of carbonyl (C=O) groups excluding carboxylic acids is 1. The van der Waals surface area contributed by atoms with Crippen molar-refractivity contribution in [2.45, 2.75) is 6.92 Å². The molecule has 0 unspecified atom stereocenters. The van der Waals surface area contributed by atoms with Gasteiger partial charge in [0.15, 0.2) is 0 Å². The fourth-order valence-corrected chi connectivity index (χ4v) is 4.09. The van der Waals surface area contributed by atoms with Gasteiger partial charge in [0, 0.05) is 49.4 Å². The highest BCUT2D eigenvalue weighted by molar-refractivity contribution is 5.97. The van der Waals surface area contributed by atoms with Crippen LogP contribution in [0.4, 0.5) is 10.1 Å². The van der Waals surface area contributed by atoms with Crippen LogP contribution in [0.15, 0.2) is 36.5 Å². The lowest BCUT2D eigenvalue weighted by molar-refractivity contribution is 0.0746. The molecular weight excluding hydrogens is 411 g/mol. The average Bonchev–Trinajstić information content (AvgIpc) is 2.82. The lowest BCUT2D eigenvalue weighted by Crippen LogP contribution is -2.49. The first-order valence-electron chi connectivity index (χ1n) is 10.2. The first-order chi connectivity index (χ1) is 15.4. The molecule has 1 fully saturated rings. The molecule has 1 aliphatic heterocycles. The molecule has 0 saturated carbocycles. The van der Waals surface area contributed by atoms with Crippen LogP contribution in [0.2, 0.25) is 0 Å². The van der Waals surface area contributed by atoms with Crippen molar-refractivity contribution in [3.63, 3.8) is 0 Å². The molecule has 1 aromatic heterocycles. The van der Waals surface area contributed by atoms with Crippen LogP contribution < -0.4 is 14.4 Å². The number of carbonyl (C=O) groups is 1. The molecule has 2 heterocycles. The van der Waals surface area contributed by atoms with Gasteiger partial charge in [-0.2, -0.15) is 5.26 Å². The Balaban J connectivity index is 1.60. The fraction of sp³-hybridized carbons (Fsp3) is 0.292. The number of nitriles is 1. The van der Waals surface area contributed by atoms with Gasteiger partial charge in [-0.3, -0.25) is 9.78 Å². The molecule has 1 saturated heterocycles. The van der Waals surface area contributed by atoms with Crippen molar-refractivity contribution >= 4 is 22.5 Å². The average molecular weight is 434 g/mol. The summed E-state index contributed by atoms with van der Waals surface area (Å²) in [5.41, 5.74) is 2.92. The zero-order valence-corrected chi connectivity index (χ0v) is 18.2. The van der Waals surface area contributed by atoms with Gasteiger partial charge in [0.25, 0.3) is 5.91 Å². The summed E-state index contributed by atoms with van der Waals surface area (Å²) in [6, 6.07) is 10.1. The van der Waals surface area contributed by atoms with E-state index in [0.29, 0.717) is 71.0 Å². The molecular formula is C24H23FN4O3. The fourth-order valence-electron chi connectivity index (χ4n) is 4.09. The van der Waals surface area contributed by atoms with Crippen LogP contribution in [0.5, 0.6) is 11.5 Å². The maximum atomic E-state index is 14.2. The molecule has 32 heavy (non-hydrogen) atoms. The number of nitrogens with zero attached hydrogens (tertiary/aromatic N) is 4. The first kappa shape index (κ1) is 21.4. The molecule has 0 bridgehead atoms. The Morgan fingerprint density at radius 2 is 1.72 bits per heavy atom. The Morgan fingerprint density at radius 1 is 1.06 bits per heavy atom. The number of rotatable bonds is 4. The van der Waals surface area contributed by atoms with Crippen LogP contribution in [0.1, 0.15) is 21.5 Å². The second-order valence-electron chi connectivity index (χ2n) is 7.63. The van der Waals surface area contributed by atoms with Gasteiger partial charge < -0.3 is 19.3 Å². The van der Waals surface area contributed by atoms with E-state index in [-0.39, 0.29) is 11.7 Å². The van der Waals surface area contributed by atoms with Gasteiger partial charge in [0.05, 0.1) is 31.0 Å². The Bertz CT molecular complexity index is 1210. The Labute approximate surface area is 185 Å². The summed E-state index contributed by atoms with van der Waals surface area (Å²) < 4.78 is 24.7. The van der Waals surface area contributed by atoms with E-state index in [4.69, 9.17) is 9.47 Å². The number of anilines is 1. The zero-order valence-electron chi connectivity index (χ0n) is 18.2. The summed E-state index contributed by atoms with van der Waals surface area (Å²) in [5.74, 6) is 0.606. The number of amides is 1. The summed E-state index contributed by atoms with van der Waals surface area (Å²) in [5, 5.41) is 10.2. The van der Waals surface area contributed by atoms with Crippen molar-refractivity contribution in [2.75, 3.05) is 45.3 Å². The number of hydrogen-bond donors (Lipinski definition) is 0. The van der Waals surface area contributed by atoms with Crippen LogP contribution >= 0.6 is 0 Å². The van der Waals surface area contributed by atoms with Gasteiger partial charge in [-0.1, -0.05) is 0 Å². The molecule has 1 aliphatic rings. The van der Waals surface area contributed by atoms with Crippen molar-refractivity contribution < 1.29 is 18.7 Å². The number of pyridine rings is 1. The zero-order chi connectivity index (χ0) is 22.8. The van der Waals surface area contributed by atoms with Gasteiger partial charge in [-0.25, -0.2) is 4.39 Å². The van der Waals surface area contributed by atoms with E-state index in [1.807, 2.05) is 4.90 Å². The van der Waals surface area contributed by atoms with Crippen molar-refractivity contribution in [3.8, 4) is 17.6 Å². The number of methoxy groups -OCH3 is 2. The minimum atomic E-state index is -0.367. The third-order valence-corrected chi connectivity index (χ3v) is 5.70. The largest absolute Gasteiger partial charge is 0.497 e. The molecule has 1 amide bonds. The van der Waals surface area contributed by atoms with Gasteiger partial charge in [0.2, 0.25) is 0 Å². The molecule has 164 valence electrons. The monoisotopic (exact) mass is 434 g/mol. The molecule has 2 aromatic carbocycles. The molecule has 3 aromatic rings. The van der Waals surface area contributed by atoms with E-state index in [1.165, 1.54) is 32.5 Å².